The van der Waals surface area contributed by atoms with E-state index in [4.69, 9.17) is 9.26 Å². The van der Waals surface area contributed by atoms with E-state index < -0.39 is 6.04 Å². The normalized spacial score (nSPS) is 29.3. The van der Waals surface area contributed by atoms with Gasteiger partial charge in [-0.3, -0.25) is 4.79 Å². The van der Waals surface area contributed by atoms with Crippen molar-refractivity contribution in [3.63, 3.8) is 0 Å². The SMILES string of the molecule is COC(=O)[C@@H]1[C@H]2CCC[C@@H]2CN1C(=O)c1ccon1. The van der Waals surface area contributed by atoms with Crippen molar-refractivity contribution >= 4 is 11.9 Å². The van der Waals surface area contributed by atoms with Gasteiger partial charge in [0.2, 0.25) is 0 Å². The Morgan fingerprint density at radius 3 is 3.00 bits per heavy atom. The third-order valence-electron chi connectivity index (χ3n) is 4.25. The summed E-state index contributed by atoms with van der Waals surface area (Å²) in [6.07, 6.45) is 4.53. The Kier molecular flexibility index (Phi) is 3.00. The summed E-state index contributed by atoms with van der Waals surface area (Å²) in [7, 11) is 1.36. The van der Waals surface area contributed by atoms with E-state index in [1.807, 2.05) is 0 Å². The number of likely N-dealkylation sites (tertiary alicyclic amines) is 1. The molecule has 2 aliphatic rings. The molecule has 0 spiro atoms. The standard InChI is InChI=1S/C13H16N2O4/c1-18-13(17)11-9-4-2-3-8(9)7-15(11)12(16)10-5-6-19-14-10/h5-6,8-9,11H,2-4,7H2,1H3/t8-,9+,11+/m1/s1. The van der Waals surface area contributed by atoms with Crippen LogP contribution in [0.15, 0.2) is 16.9 Å². The molecule has 0 N–H and O–H groups in total. The van der Waals surface area contributed by atoms with E-state index in [2.05, 4.69) is 5.16 Å². The summed E-state index contributed by atoms with van der Waals surface area (Å²) in [5.41, 5.74) is 0.244. The molecule has 1 saturated carbocycles. The number of rotatable bonds is 2. The maximum atomic E-state index is 12.4. The van der Waals surface area contributed by atoms with Gasteiger partial charge in [-0.25, -0.2) is 4.79 Å². The van der Waals surface area contributed by atoms with E-state index in [0.29, 0.717) is 12.5 Å². The molecule has 0 bridgehead atoms. The highest BCUT2D eigenvalue weighted by atomic mass is 16.5. The predicted molar refractivity (Wildman–Crippen MR) is 64.2 cm³/mol. The summed E-state index contributed by atoms with van der Waals surface area (Å²) in [6, 6.07) is 1.05. The molecule has 0 unspecified atom stereocenters. The molecule has 1 aliphatic heterocycles. The van der Waals surface area contributed by atoms with Crippen molar-refractivity contribution < 1.29 is 18.8 Å². The number of methoxy groups -OCH3 is 1. The number of aromatic nitrogens is 1. The largest absolute Gasteiger partial charge is 0.467 e. The highest BCUT2D eigenvalue weighted by molar-refractivity contribution is 5.95. The number of carbonyl (C=O) groups is 2. The first kappa shape index (κ1) is 12.2. The molecule has 0 aromatic carbocycles. The molecular formula is C13H16N2O4. The van der Waals surface area contributed by atoms with Gasteiger partial charge in [-0.05, 0) is 24.7 Å². The highest BCUT2D eigenvalue weighted by Gasteiger charge is 2.50. The number of fused-ring (bicyclic) bond motifs is 1. The van der Waals surface area contributed by atoms with Crippen LogP contribution in [0.1, 0.15) is 29.8 Å². The minimum atomic E-state index is -0.471. The maximum absolute atomic E-state index is 12.4. The number of nitrogens with zero attached hydrogens (tertiary/aromatic N) is 2. The van der Waals surface area contributed by atoms with Crippen molar-refractivity contribution in [1.82, 2.24) is 10.1 Å². The molecule has 2 heterocycles. The Balaban J connectivity index is 1.87. The van der Waals surface area contributed by atoms with Crippen LogP contribution in [0, 0.1) is 11.8 Å². The molecule has 1 saturated heterocycles. The maximum Gasteiger partial charge on any atom is 0.328 e. The van der Waals surface area contributed by atoms with E-state index in [-0.39, 0.29) is 23.5 Å². The quantitative estimate of drug-likeness (QED) is 0.748. The van der Waals surface area contributed by atoms with E-state index in [0.717, 1.165) is 19.3 Å². The number of carbonyl (C=O) groups excluding carboxylic acids is 2. The second-order valence-corrected chi connectivity index (χ2v) is 5.17. The van der Waals surface area contributed by atoms with Crippen molar-refractivity contribution in [2.75, 3.05) is 13.7 Å². The third-order valence-corrected chi connectivity index (χ3v) is 4.25. The van der Waals surface area contributed by atoms with Gasteiger partial charge in [-0.15, -0.1) is 0 Å². The predicted octanol–water partition coefficient (Wildman–Crippen LogP) is 1.09. The molecule has 6 heteroatoms. The van der Waals surface area contributed by atoms with Crippen LogP contribution in [-0.4, -0.2) is 41.6 Å². The molecule has 1 aromatic rings. The fourth-order valence-electron chi connectivity index (χ4n) is 3.41. The van der Waals surface area contributed by atoms with Crippen molar-refractivity contribution in [3.8, 4) is 0 Å². The Morgan fingerprint density at radius 2 is 2.32 bits per heavy atom. The Hall–Kier alpha value is -1.85. The second kappa shape index (κ2) is 4.68. The summed E-state index contributed by atoms with van der Waals surface area (Å²) < 4.78 is 9.56. The average Bonchev–Trinajstić information content (AvgIpc) is 3.12. The van der Waals surface area contributed by atoms with Crippen LogP contribution in [0.4, 0.5) is 0 Å². The van der Waals surface area contributed by atoms with Crippen LogP contribution in [0.3, 0.4) is 0 Å². The molecule has 1 aromatic heterocycles. The van der Waals surface area contributed by atoms with Gasteiger partial charge in [0, 0.05) is 12.6 Å². The van der Waals surface area contributed by atoms with Crippen LogP contribution in [0.2, 0.25) is 0 Å². The number of amides is 1. The average molecular weight is 264 g/mol. The fraction of sp³-hybridized carbons (Fsp3) is 0.615. The van der Waals surface area contributed by atoms with Gasteiger partial charge in [0.1, 0.15) is 12.3 Å². The first-order valence-electron chi connectivity index (χ1n) is 6.51. The fourth-order valence-corrected chi connectivity index (χ4v) is 3.41. The van der Waals surface area contributed by atoms with Crippen LogP contribution in [0.5, 0.6) is 0 Å². The van der Waals surface area contributed by atoms with E-state index >= 15 is 0 Å². The van der Waals surface area contributed by atoms with E-state index in [9.17, 15) is 9.59 Å². The minimum absolute atomic E-state index is 0.225. The van der Waals surface area contributed by atoms with Crippen molar-refractivity contribution in [2.24, 2.45) is 11.8 Å². The van der Waals surface area contributed by atoms with Crippen molar-refractivity contribution in [3.05, 3.63) is 18.0 Å². The van der Waals surface area contributed by atoms with Gasteiger partial charge in [0.25, 0.3) is 5.91 Å². The van der Waals surface area contributed by atoms with Gasteiger partial charge >= 0.3 is 5.97 Å². The van der Waals surface area contributed by atoms with Crippen LogP contribution < -0.4 is 0 Å². The smallest absolute Gasteiger partial charge is 0.328 e. The zero-order valence-corrected chi connectivity index (χ0v) is 10.7. The summed E-state index contributed by atoms with van der Waals surface area (Å²) in [5, 5.41) is 3.66. The number of ether oxygens (including phenoxy) is 1. The lowest BCUT2D eigenvalue weighted by Gasteiger charge is -2.24. The zero-order chi connectivity index (χ0) is 13.4. The number of esters is 1. The molecule has 3 atom stereocenters. The van der Waals surface area contributed by atoms with Crippen LogP contribution in [0.25, 0.3) is 0 Å². The summed E-state index contributed by atoms with van der Waals surface area (Å²) in [4.78, 5) is 25.9. The minimum Gasteiger partial charge on any atom is -0.467 e. The lowest BCUT2D eigenvalue weighted by molar-refractivity contribution is -0.146. The summed E-state index contributed by atoms with van der Waals surface area (Å²) >= 11 is 0. The van der Waals surface area contributed by atoms with Gasteiger partial charge < -0.3 is 14.2 Å². The van der Waals surface area contributed by atoms with E-state index in [1.54, 1.807) is 4.90 Å². The van der Waals surface area contributed by atoms with Crippen molar-refractivity contribution in [1.29, 1.82) is 0 Å². The molecular weight excluding hydrogens is 248 g/mol. The van der Waals surface area contributed by atoms with Crippen LogP contribution in [-0.2, 0) is 9.53 Å². The van der Waals surface area contributed by atoms with Gasteiger partial charge in [0.15, 0.2) is 5.69 Å². The number of hydrogen-bond acceptors (Lipinski definition) is 5. The molecule has 102 valence electrons. The first-order chi connectivity index (χ1) is 9.22. The monoisotopic (exact) mass is 264 g/mol. The molecule has 1 amide bonds. The number of hydrogen-bond donors (Lipinski definition) is 0. The van der Waals surface area contributed by atoms with Crippen LogP contribution >= 0.6 is 0 Å². The molecule has 0 radical (unpaired) electrons. The van der Waals surface area contributed by atoms with Gasteiger partial charge in [-0.1, -0.05) is 11.6 Å². The Bertz CT molecular complexity index is 485. The summed E-state index contributed by atoms with van der Waals surface area (Å²) in [6.45, 7) is 0.607. The summed E-state index contributed by atoms with van der Waals surface area (Å²) in [5.74, 6) is 0.0491. The molecule has 19 heavy (non-hydrogen) atoms. The first-order valence-corrected chi connectivity index (χ1v) is 6.51. The van der Waals surface area contributed by atoms with E-state index in [1.165, 1.54) is 19.4 Å². The second-order valence-electron chi connectivity index (χ2n) is 5.17. The van der Waals surface area contributed by atoms with Gasteiger partial charge in [0.05, 0.1) is 7.11 Å². The molecule has 2 fully saturated rings. The molecule has 6 nitrogen and oxygen atoms in total. The topological polar surface area (TPSA) is 72.6 Å². The Morgan fingerprint density at radius 1 is 1.47 bits per heavy atom. The molecule has 3 rings (SSSR count). The Labute approximate surface area is 110 Å². The third kappa shape index (κ3) is 1.91. The van der Waals surface area contributed by atoms with Crippen molar-refractivity contribution in [2.45, 2.75) is 25.3 Å². The molecule has 1 aliphatic carbocycles. The lowest BCUT2D eigenvalue weighted by atomic mass is 9.94. The highest BCUT2D eigenvalue weighted by Crippen LogP contribution is 2.42. The van der Waals surface area contributed by atoms with Gasteiger partial charge in [-0.2, -0.15) is 0 Å². The zero-order valence-electron chi connectivity index (χ0n) is 10.7. The lowest BCUT2D eigenvalue weighted by Crippen LogP contribution is -2.44.